The molecule has 4 rings (SSSR count). The summed E-state index contributed by atoms with van der Waals surface area (Å²) in [5.41, 5.74) is 0.441. The number of fused-ring (bicyclic) bond motifs is 1. The van der Waals surface area contributed by atoms with Crippen molar-refractivity contribution in [2.75, 3.05) is 32.8 Å². The summed E-state index contributed by atoms with van der Waals surface area (Å²) in [6.07, 6.45) is -0.681. The van der Waals surface area contributed by atoms with Crippen LogP contribution < -0.4 is 9.47 Å². The molecule has 1 unspecified atom stereocenters. The van der Waals surface area contributed by atoms with Gasteiger partial charge in [-0.2, -0.15) is 0 Å². The Labute approximate surface area is 156 Å². The largest absolute Gasteiger partial charge is 0.485 e. The van der Waals surface area contributed by atoms with Gasteiger partial charge in [0.25, 0.3) is 11.8 Å². The zero-order valence-corrected chi connectivity index (χ0v) is 14.6. The average Bonchev–Trinajstić information content (AvgIpc) is 2.73. The van der Waals surface area contributed by atoms with E-state index in [0.29, 0.717) is 43.2 Å². The van der Waals surface area contributed by atoms with Crippen molar-refractivity contribution >= 4 is 11.8 Å². The number of piperazine rings is 1. The third-order valence-electron chi connectivity index (χ3n) is 4.75. The molecule has 0 N–H and O–H groups in total. The smallest absolute Gasteiger partial charge is 0.267 e. The molecule has 2 heterocycles. The molecule has 0 bridgehead atoms. The van der Waals surface area contributed by atoms with Crippen LogP contribution in [0.15, 0.2) is 48.5 Å². The molecule has 1 fully saturated rings. The van der Waals surface area contributed by atoms with E-state index in [1.807, 2.05) is 12.1 Å². The maximum Gasteiger partial charge on any atom is 0.267 e. The van der Waals surface area contributed by atoms with E-state index in [4.69, 9.17) is 9.47 Å². The third-order valence-corrected chi connectivity index (χ3v) is 4.75. The SMILES string of the molecule is O=C(c1ccc(F)cc1)N1CCN(C(=O)C2COc3ccccc3O2)CC1. The van der Waals surface area contributed by atoms with Crippen LogP contribution in [-0.4, -0.2) is 60.5 Å². The van der Waals surface area contributed by atoms with Crippen LogP contribution in [0.2, 0.25) is 0 Å². The zero-order chi connectivity index (χ0) is 18.8. The summed E-state index contributed by atoms with van der Waals surface area (Å²) in [4.78, 5) is 28.6. The molecular formula is C20H19FN2O4. The monoisotopic (exact) mass is 370 g/mol. The number of rotatable bonds is 2. The first-order valence-electron chi connectivity index (χ1n) is 8.84. The molecule has 2 amide bonds. The fourth-order valence-corrected chi connectivity index (χ4v) is 3.25. The van der Waals surface area contributed by atoms with Gasteiger partial charge in [-0.1, -0.05) is 12.1 Å². The predicted molar refractivity (Wildman–Crippen MR) is 95.2 cm³/mol. The molecule has 2 aromatic carbocycles. The van der Waals surface area contributed by atoms with E-state index < -0.39 is 6.10 Å². The van der Waals surface area contributed by atoms with Crippen LogP contribution in [0.25, 0.3) is 0 Å². The highest BCUT2D eigenvalue weighted by molar-refractivity contribution is 5.94. The van der Waals surface area contributed by atoms with Crippen molar-refractivity contribution in [3.8, 4) is 11.5 Å². The summed E-state index contributed by atoms with van der Waals surface area (Å²) in [6, 6.07) is 12.7. The van der Waals surface area contributed by atoms with Gasteiger partial charge in [0, 0.05) is 31.7 Å². The number of benzene rings is 2. The molecule has 0 saturated carbocycles. The van der Waals surface area contributed by atoms with E-state index in [0.717, 1.165) is 0 Å². The quantitative estimate of drug-likeness (QED) is 0.811. The fraction of sp³-hybridized carbons (Fsp3) is 0.300. The van der Waals surface area contributed by atoms with Gasteiger partial charge in [0.1, 0.15) is 12.4 Å². The Balaban J connectivity index is 1.34. The van der Waals surface area contributed by atoms with Gasteiger partial charge < -0.3 is 19.3 Å². The third kappa shape index (κ3) is 3.58. The maximum absolute atomic E-state index is 13.0. The van der Waals surface area contributed by atoms with Gasteiger partial charge in [0.05, 0.1) is 0 Å². The van der Waals surface area contributed by atoms with Gasteiger partial charge in [-0.3, -0.25) is 9.59 Å². The molecule has 0 aromatic heterocycles. The molecule has 2 aliphatic heterocycles. The number of hydrogen-bond acceptors (Lipinski definition) is 4. The maximum atomic E-state index is 13.0. The van der Waals surface area contributed by atoms with E-state index >= 15 is 0 Å². The van der Waals surface area contributed by atoms with Crippen LogP contribution >= 0.6 is 0 Å². The first-order valence-corrected chi connectivity index (χ1v) is 8.84. The van der Waals surface area contributed by atoms with Crippen LogP contribution in [0, 0.1) is 5.82 Å². The van der Waals surface area contributed by atoms with Crippen LogP contribution in [0.4, 0.5) is 4.39 Å². The average molecular weight is 370 g/mol. The molecule has 27 heavy (non-hydrogen) atoms. The second-order valence-electron chi connectivity index (χ2n) is 6.49. The van der Waals surface area contributed by atoms with E-state index in [-0.39, 0.29) is 24.2 Å². The van der Waals surface area contributed by atoms with Gasteiger partial charge in [0.2, 0.25) is 6.10 Å². The van der Waals surface area contributed by atoms with Crippen molar-refractivity contribution in [2.24, 2.45) is 0 Å². The van der Waals surface area contributed by atoms with Crippen LogP contribution in [0.5, 0.6) is 11.5 Å². The minimum absolute atomic E-state index is 0.140. The number of halogens is 1. The molecule has 140 valence electrons. The Morgan fingerprint density at radius 2 is 1.52 bits per heavy atom. The van der Waals surface area contributed by atoms with Crippen molar-refractivity contribution in [3.05, 3.63) is 59.9 Å². The minimum Gasteiger partial charge on any atom is -0.485 e. The topological polar surface area (TPSA) is 59.1 Å². The molecule has 2 aliphatic rings. The van der Waals surface area contributed by atoms with Crippen molar-refractivity contribution in [1.29, 1.82) is 0 Å². The summed E-state index contributed by atoms with van der Waals surface area (Å²) in [5.74, 6) is 0.522. The molecule has 1 saturated heterocycles. The summed E-state index contributed by atoms with van der Waals surface area (Å²) in [5, 5.41) is 0. The highest BCUT2D eigenvalue weighted by atomic mass is 19.1. The lowest BCUT2D eigenvalue weighted by Gasteiger charge is -2.37. The van der Waals surface area contributed by atoms with Gasteiger partial charge in [-0.15, -0.1) is 0 Å². The number of ether oxygens (including phenoxy) is 2. The molecule has 0 radical (unpaired) electrons. The Bertz CT molecular complexity index is 847. The van der Waals surface area contributed by atoms with Crippen molar-refractivity contribution in [1.82, 2.24) is 9.80 Å². The van der Waals surface area contributed by atoms with Crippen LogP contribution in [-0.2, 0) is 4.79 Å². The number of carbonyl (C=O) groups excluding carboxylic acids is 2. The number of hydrogen-bond donors (Lipinski definition) is 0. The zero-order valence-electron chi connectivity index (χ0n) is 14.6. The second kappa shape index (κ2) is 7.26. The summed E-state index contributed by atoms with van der Waals surface area (Å²) >= 11 is 0. The summed E-state index contributed by atoms with van der Waals surface area (Å²) < 4.78 is 24.4. The van der Waals surface area contributed by atoms with Crippen molar-refractivity contribution in [3.63, 3.8) is 0 Å². The van der Waals surface area contributed by atoms with Crippen molar-refractivity contribution in [2.45, 2.75) is 6.10 Å². The van der Waals surface area contributed by atoms with E-state index in [2.05, 4.69) is 0 Å². The number of para-hydroxylation sites is 2. The lowest BCUT2D eigenvalue weighted by Crippen LogP contribution is -2.55. The van der Waals surface area contributed by atoms with E-state index in [1.165, 1.54) is 24.3 Å². The second-order valence-corrected chi connectivity index (χ2v) is 6.49. The van der Waals surface area contributed by atoms with E-state index in [1.54, 1.807) is 21.9 Å². The molecule has 1 atom stereocenters. The first kappa shape index (κ1) is 17.3. The molecular weight excluding hydrogens is 351 g/mol. The molecule has 2 aromatic rings. The Kier molecular flexibility index (Phi) is 4.66. The predicted octanol–water partition coefficient (Wildman–Crippen LogP) is 1.95. The van der Waals surface area contributed by atoms with Crippen LogP contribution in [0.3, 0.4) is 0 Å². The Hall–Kier alpha value is -3.09. The highest BCUT2D eigenvalue weighted by Gasteiger charge is 2.33. The minimum atomic E-state index is -0.681. The van der Waals surface area contributed by atoms with Gasteiger partial charge >= 0.3 is 0 Å². The normalized spacial score (nSPS) is 18.9. The standard InChI is InChI=1S/C20H19FN2O4/c21-15-7-5-14(6-8-15)19(24)22-9-11-23(12-10-22)20(25)18-13-26-16-3-1-2-4-17(16)27-18/h1-8,18H,9-13H2. The van der Waals surface area contributed by atoms with Gasteiger partial charge in [-0.05, 0) is 36.4 Å². The summed E-state index contributed by atoms with van der Waals surface area (Å²) in [7, 11) is 0. The van der Waals surface area contributed by atoms with E-state index in [9.17, 15) is 14.0 Å². The molecule has 6 nitrogen and oxygen atoms in total. The number of nitrogens with zero attached hydrogens (tertiary/aromatic N) is 2. The fourth-order valence-electron chi connectivity index (χ4n) is 3.25. The number of amides is 2. The first-order chi connectivity index (χ1) is 13.1. The van der Waals surface area contributed by atoms with Gasteiger partial charge in [0.15, 0.2) is 11.5 Å². The van der Waals surface area contributed by atoms with Crippen LogP contribution in [0.1, 0.15) is 10.4 Å². The highest BCUT2D eigenvalue weighted by Crippen LogP contribution is 2.31. The number of carbonyl (C=O) groups is 2. The lowest BCUT2D eigenvalue weighted by molar-refractivity contribution is -0.142. The summed E-state index contributed by atoms with van der Waals surface area (Å²) in [6.45, 7) is 1.86. The Morgan fingerprint density at radius 1 is 0.889 bits per heavy atom. The Morgan fingerprint density at radius 3 is 2.22 bits per heavy atom. The van der Waals surface area contributed by atoms with Gasteiger partial charge in [-0.25, -0.2) is 4.39 Å². The van der Waals surface area contributed by atoms with Crippen molar-refractivity contribution < 1.29 is 23.5 Å². The molecule has 0 spiro atoms. The lowest BCUT2D eigenvalue weighted by atomic mass is 10.1. The molecule has 0 aliphatic carbocycles. The molecule has 7 heteroatoms.